The van der Waals surface area contributed by atoms with Crippen LogP contribution >= 0.6 is 0 Å². The minimum Gasteiger partial charge on any atom is -0.481 e. The summed E-state index contributed by atoms with van der Waals surface area (Å²) in [5, 5.41) is 3.34. The van der Waals surface area contributed by atoms with Gasteiger partial charge in [0.25, 0.3) is 0 Å². The Morgan fingerprint density at radius 2 is 2.31 bits per heavy atom. The molecule has 0 atom stereocenters. The van der Waals surface area contributed by atoms with Gasteiger partial charge >= 0.3 is 0 Å². The molecule has 0 radical (unpaired) electrons. The minimum atomic E-state index is 0.694. The molecule has 0 fully saturated rings. The molecule has 1 aromatic rings. The summed E-state index contributed by atoms with van der Waals surface area (Å²) in [5.74, 6) is 0.694. The van der Waals surface area contributed by atoms with Crippen LogP contribution in [-0.2, 0) is 11.3 Å². The number of hydrogen-bond acceptors (Lipinski definition) is 4. The summed E-state index contributed by atoms with van der Waals surface area (Å²) in [6.45, 7) is 5.33. The fourth-order valence-corrected chi connectivity index (χ4v) is 1.41. The maximum absolute atomic E-state index is 5.25. The number of ether oxygens (including phenoxy) is 2. The average molecular weight is 224 g/mol. The van der Waals surface area contributed by atoms with E-state index in [2.05, 4.69) is 10.3 Å². The maximum atomic E-state index is 5.25. The Labute approximate surface area is 97.0 Å². The average Bonchev–Trinajstić information content (AvgIpc) is 2.34. The molecule has 1 rings (SSSR count). The standard InChI is InChI=1S/C12H20N2O2/c1-3-16-9-5-7-13-10-11-6-4-8-14-12(11)15-2/h4,6,8,13H,3,5,7,9-10H2,1-2H3. The first-order chi connectivity index (χ1) is 7.88. The fraction of sp³-hybridized carbons (Fsp3) is 0.583. The Balaban J connectivity index is 2.21. The van der Waals surface area contributed by atoms with Crippen molar-refractivity contribution in [2.24, 2.45) is 0 Å². The molecule has 0 aliphatic heterocycles. The lowest BCUT2D eigenvalue weighted by atomic mass is 10.2. The highest BCUT2D eigenvalue weighted by Crippen LogP contribution is 2.12. The van der Waals surface area contributed by atoms with Gasteiger partial charge in [-0.25, -0.2) is 4.98 Å². The predicted octanol–water partition coefficient (Wildman–Crippen LogP) is 1.61. The summed E-state index contributed by atoms with van der Waals surface area (Å²) in [4.78, 5) is 4.14. The van der Waals surface area contributed by atoms with E-state index in [0.29, 0.717) is 5.88 Å². The van der Waals surface area contributed by atoms with Crippen LogP contribution in [-0.4, -0.2) is 31.9 Å². The van der Waals surface area contributed by atoms with Crippen LogP contribution in [0.2, 0.25) is 0 Å². The smallest absolute Gasteiger partial charge is 0.217 e. The number of pyridine rings is 1. The summed E-state index contributed by atoms with van der Waals surface area (Å²) >= 11 is 0. The number of aromatic nitrogens is 1. The second kappa shape index (κ2) is 8.07. The van der Waals surface area contributed by atoms with Crippen molar-refractivity contribution in [3.63, 3.8) is 0 Å². The van der Waals surface area contributed by atoms with Crippen molar-refractivity contribution in [3.8, 4) is 5.88 Å². The second-order valence-electron chi connectivity index (χ2n) is 3.40. The third-order valence-electron chi connectivity index (χ3n) is 2.21. The Bertz CT molecular complexity index is 292. The summed E-state index contributed by atoms with van der Waals surface area (Å²) in [7, 11) is 1.64. The first kappa shape index (κ1) is 12.9. The molecule has 16 heavy (non-hydrogen) atoms. The van der Waals surface area contributed by atoms with Crippen LogP contribution in [0.4, 0.5) is 0 Å². The van der Waals surface area contributed by atoms with E-state index in [1.807, 2.05) is 19.1 Å². The number of hydrogen-bond donors (Lipinski definition) is 1. The van der Waals surface area contributed by atoms with Crippen LogP contribution in [0.3, 0.4) is 0 Å². The molecule has 0 aliphatic rings. The molecule has 1 heterocycles. The molecule has 90 valence electrons. The van der Waals surface area contributed by atoms with Gasteiger partial charge < -0.3 is 14.8 Å². The summed E-state index contributed by atoms with van der Waals surface area (Å²) < 4.78 is 10.4. The quantitative estimate of drug-likeness (QED) is 0.681. The summed E-state index contributed by atoms with van der Waals surface area (Å²) in [6, 6.07) is 3.93. The molecule has 4 heteroatoms. The van der Waals surface area contributed by atoms with E-state index in [9.17, 15) is 0 Å². The Kier molecular flexibility index (Phi) is 6.53. The topological polar surface area (TPSA) is 43.4 Å². The summed E-state index contributed by atoms with van der Waals surface area (Å²) in [5.41, 5.74) is 1.08. The molecule has 0 bridgehead atoms. The number of nitrogens with zero attached hydrogens (tertiary/aromatic N) is 1. The molecule has 0 saturated heterocycles. The molecule has 0 aliphatic carbocycles. The van der Waals surface area contributed by atoms with E-state index in [-0.39, 0.29) is 0 Å². The van der Waals surface area contributed by atoms with Gasteiger partial charge in [-0.3, -0.25) is 0 Å². The van der Waals surface area contributed by atoms with Gasteiger partial charge in [-0.15, -0.1) is 0 Å². The first-order valence-electron chi connectivity index (χ1n) is 5.64. The van der Waals surface area contributed by atoms with Crippen molar-refractivity contribution in [2.75, 3.05) is 26.9 Å². The SMILES string of the molecule is CCOCCCNCc1cccnc1OC. The number of rotatable bonds is 8. The Morgan fingerprint density at radius 1 is 1.44 bits per heavy atom. The van der Waals surface area contributed by atoms with E-state index in [1.165, 1.54) is 0 Å². The lowest BCUT2D eigenvalue weighted by Crippen LogP contribution is -2.17. The molecule has 1 N–H and O–H groups in total. The van der Waals surface area contributed by atoms with Gasteiger partial charge in [-0.05, 0) is 26.0 Å². The van der Waals surface area contributed by atoms with Crippen LogP contribution in [0.15, 0.2) is 18.3 Å². The molecule has 0 saturated carbocycles. The lowest BCUT2D eigenvalue weighted by Gasteiger charge is -2.08. The predicted molar refractivity (Wildman–Crippen MR) is 63.6 cm³/mol. The van der Waals surface area contributed by atoms with Gasteiger partial charge in [0.2, 0.25) is 5.88 Å². The van der Waals surface area contributed by atoms with E-state index < -0.39 is 0 Å². The third-order valence-corrected chi connectivity index (χ3v) is 2.21. The van der Waals surface area contributed by atoms with Gasteiger partial charge in [-0.1, -0.05) is 6.07 Å². The molecular formula is C12H20N2O2. The van der Waals surface area contributed by atoms with Crippen molar-refractivity contribution >= 4 is 0 Å². The molecule has 1 aromatic heterocycles. The van der Waals surface area contributed by atoms with Crippen LogP contribution in [0.1, 0.15) is 18.9 Å². The molecule has 0 unspecified atom stereocenters. The van der Waals surface area contributed by atoms with Crippen molar-refractivity contribution in [3.05, 3.63) is 23.9 Å². The zero-order chi connectivity index (χ0) is 11.6. The van der Waals surface area contributed by atoms with Crippen molar-refractivity contribution < 1.29 is 9.47 Å². The van der Waals surface area contributed by atoms with Gasteiger partial charge in [0, 0.05) is 31.5 Å². The van der Waals surface area contributed by atoms with Gasteiger partial charge in [0.05, 0.1) is 7.11 Å². The lowest BCUT2D eigenvalue weighted by molar-refractivity contribution is 0.144. The normalized spacial score (nSPS) is 10.4. The Morgan fingerprint density at radius 3 is 3.06 bits per heavy atom. The van der Waals surface area contributed by atoms with Crippen LogP contribution < -0.4 is 10.1 Å². The van der Waals surface area contributed by atoms with Crippen LogP contribution in [0.5, 0.6) is 5.88 Å². The highest BCUT2D eigenvalue weighted by Gasteiger charge is 2.01. The monoisotopic (exact) mass is 224 g/mol. The zero-order valence-corrected chi connectivity index (χ0v) is 10.0. The van der Waals surface area contributed by atoms with E-state index in [4.69, 9.17) is 9.47 Å². The number of methoxy groups -OCH3 is 1. The van der Waals surface area contributed by atoms with E-state index in [0.717, 1.165) is 38.3 Å². The van der Waals surface area contributed by atoms with Crippen molar-refractivity contribution in [1.82, 2.24) is 10.3 Å². The first-order valence-corrected chi connectivity index (χ1v) is 5.64. The molecular weight excluding hydrogens is 204 g/mol. The van der Waals surface area contributed by atoms with Gasteiger partial charge in [0.1, 0.15) is 0 Å². The minimum absolute atomic E-state index is 0.694. The third kappa shape index (κ3) is 4.59. The highest BCUT2D eigenvalue weighted by molar-refractivity contribution is 5.24. The zero-order valence-electron chi connectivity index (χ0n) is 10.0. The highest BCUT2D eigenvalue weighted by atomic mass is 16.5. The van der Waals surface area contributed by atoms with Gasteiger partial charge in [-0.2, -0.15) is 0 Å². The molecule has 0 aromatic carbocycles. The summed E-state index contributed by atoms with van der Waals surface area (Å²) in [6.07, 6.45) is 2.76. The van der Waals surface area contributed by atoms with Gasteiger partial charge in [0.15, 0.2) is 0 Å². The van der Waals surface area contributed by atoms with Crippen molar-refractivity contribution in [1.29, 1.82) is 0 Å². The maximum Gasteiger partial charge on any atom is 0.217 e. The number of nitrogens with one attached hydrogen (secondary N) is 1. The largest absolute Gasteiger partial charge is 0.481 e. The van der Waals surface area contributed by atoms with Crippen molar-refractivity contribution in [2.45, 2.75) is 19.9 Å². The van der Waals surface area contributed by atoms with E-state index in [1.54, 1.807) is 13.3 Å². The van der Waals surface area contributed by atoms with Crippen LogP contribution in [0.25, 0.3) is 0 Å². The fourth-order valence-electron chi connectivity index (χ4n) is 1.41. The van der Waals surface area contributed by atoms with Crippen LogP contribution in [0, 0.1) is 0 Å². The molecule has 0 amide bonds. The molecule has 0 spiro atoms. The second-order valence-corrected chi connectivity index (χ2v) is 3.40. The Hall–Kier alpha value is -1.13. The molecule has 4 nitrogen and oxygen atoms in total. The van der Waals surface area contributed by atoms with E-state index >= 15 is 0 Å².